The van der Waals surface area contributed by atoms with Gasteiger partial charge < -0.3 is 14.2 Å². The molecule has 49 heavy (non-hydrogen) atoms. The van der Waals surface area contributed by atoms with Gasteiger partial charge in [-0.2, -0.15) is 0 Å². The molecule has 0 atom stereocenters. The Morgan fingerprint density at radius 2 is 1.41 bits per heavy atom. The smallest absolute Gasteiger partial charge is 0.166 e. The van der Waals surface area contributed by atoms with Crippen molar-refractivity contribution in [2.24, 2.45) is 0 Å². The third-order valence-electron chi connectivity index (χ3n) is 9.46. The number of nitrogens with one attached hydrogen (secondary N) is 1. The Bertz CT molecular complexity index is 2760. The largest absolute Gasteiger partial charge is 0.458 e. The number of anilines is 2. The minimum atomic E-state index is 0.630. The van der Waals surface area contributed by atoms with Crippen molar-refractivity contribution in [2.45, 2.75) is 24.4 Å². The molecule has 0 amide bonds. The Hall–Kier alpha value is -5.89. The van der Waals surface area contributed by atoms with E-state index < -0.39 is 0 Å². The van der Waals surface area contributed by atoms with Crippen LogP contribution < -0.4 is 16.0 Å². The summed E-state index contributed by atoms with van der Waals surface area (Å²) in [7, 11) is 0. The second-order valence-electron chi connectivity index (χ2n) is 12.4. The Morgan fingerprint density at radius 3 is 2.29 bits per heavy atom. The molecule has 0 saturated carbocycles. The molecule has 0 saturated heterocycles. The molecule has 2 heterocycles. The normalized spacial score (nSPS) is 11.9. The van der Waals surface area contributed by atoms with Crippen molar-refractivity contribution in [3.63, 3.8) is 0 Å². The van der Waals surface area contributed by atoms with E-state index in [9.17, 15) is 0 Å². The molecule has 0 radical (unpaired) electrons. The average molecular weight is 650 g/mol. The number of allylic oxidation sites excluding steroid dienone is 1. The van der Waals surface area contributed by atoms with Crippen molar-refractivity contribution in [3.8, 4) is 22.3 Å². The first-order valence-corrected chi connectivity index (χ1v) is 17.1. The summed E-state index contributed by atoms with van der Waals surface area (Å²) in [6.07, 6.45) is 6.30. The van der Waals surface area contributed by atoms with Crippen LogP contribution in [-0.4, -0.2) is 0 Å². The number of hydrogen-bond acceptors (Lipinski definition) is 4. The zero-order valence-corrected chi connectivity index (χ0v) is 27.6. The maximum atomic E-state index is 6.52. The minimum absolute atomic E-state index is 0.630. The standard InChI is InChI=1S/C45H31NO2S/c49-45-43(36-20-8-10-22-40(36)48-45)38-27-31(29-13-2-1-3-14-29)26-25-30(38)16-12-24-42-44(37-21-9-11-23-41(37)47-42)46-39-28-32-15-4-5-17-33(32)34-18-6-7-19-35(34)39/h1-8,10-11,13-15,17-20,22-23,25-28,46,49H,12,16,24H2. The number of aryl methyl sites for hydroxylation is 2. The van der Waals surface area contributed by atoms with Crippen LogP contribution in [0.1, 0.15) is 17.7 Å². The van der Waals surface area contributed by atoms with E-state index in [1.807, 2.05) is 30.4 Å². The highest BCUT2D eigenvalue weighted by Crippen LogP contribution is 2.41. The van der Waals surface area contributed by atoms with Crippen molar-refractivity contribution in [2.75, 3.05) is 5.32 Å². The molecule has 0 fully saturated rings. The van der Waals surface area contributed by atoms with E-state index in [4.69, 9.17) is 21.5 Å². The number of rotatable bonds is 8. The molecular formula is C45H31NO2S. The van der Waals surface area contributed by atoms with Gasteiger partial charge in [-0.25, -0.2) is 0 Å². The molecule has 0 spiro atoms. The predicted molar refractivity (Wildman–Crippen MR) is 205 cm³/mol. The van der Waals surface area contributed by atoms with Gasteiger partial charge in [0.05, 0.1) is 10.9 Å². The molecule has 234 valence electrons. The Balaban J connectivity index is 1.09. The third kappa shape index (κ3) is 5.30. The predicted octanol–water partition coefficient (Wildman–Crippen LogP) is 10.8. The maximum absolute atomic E-state index is 6.52. The summed E-state index contributed by atoms with van der Waals surface area (Å²) in [6, 6.07) is 44.8. The molecule has 1 N–H and O–H groups in total. The van der Waals surface area contributed by atoms with Crippen molar-refractivity contribution in [1.82, 2.24) is 0 Å². The van der Waals surface area contributed by atoms with Gasteiger partial charge in [-0.05, 0) is 81.6 Å². The van der Waals surface area contributed by atoms with Crippen molar-refractivity contribution < 1.29 is 8.83 Å². The van der Waals surface area contributed by atoms with Gasteiger partial charge >= 0.3 is 0 Å². The molecule has 2 aromatic heterocycles. The summed E-state index contributed by atoms with van der Waals surface area (Å²) in [5, 5.41) is 11.2. The van der Waals surface area contributed by atoms with Crippen LogP contribution in [0.2, 0.25) is 0 Å². The molecule has 8 aromatic rings. The number of para-hydroxylation sites is 1. The van der Waals surface area contributed by atoms with Gasteiger partial charge in [0, 0.05) is 28.4 Å². The quantitative estimate of drug-likeness (QED) is 0.0977. The van der Waals surface area contributed by atoms with E-state index in [1.165, 1.54) is 32.7 Å². The Morgan fingerprint density at radius 1 is 0.653 bits per heavy atom. The Kier molecular flexibility index (Phi) is 7.34. The highest BCUT2D eigenvalue weighted by Gasteiger charge is 2.19. The number of benzene rings is 6. The molecular weight excluding hydrogens is 619 g/mol. The lowest BCUT2D eigenvalue weighted by molar-refractivity contribution is 0.475. The molecule has 1 aliphatic carbocycles. The molecule has 0 unspecified atom stereocenters. The fraction of sp³-hybridized carbons (Fsp3) is 0.0667. The number of thiol groups is 1. The van der Waals surface area contributed by atoms with Crippen molar-refractivity contribution >= 4 is 68.3 Å². The first-order chi connectivity index (χ1) is 24.2. The topological polar surface area (TPSA) is 38.3 Å². The molecule has 1 aliphatic rings. The van der Waals surface area contributed by atoms with Gasteiger partial charge in [0.1, 0.15) is 16.8 Å². The highest BCUT2D eigenvalue weighted by atomic mass is 32.1. The minimum Gasteiger partial charge on any atom is -0.458 e. The van der Waals surface area contributed by atoms with Crippen LogP contribution in [0.25, 0.3) is 66.6 Å². The number of furan rings is 2. The molecule has 6 aromatic carbocycles. The van der Waals surface area contributed by atoms with Gasteiger partial charge in [0.25, 0.3) is 0 Å². The third-order valence-corrected chi connectivity index (χ3v) is 9.78. The lowest BCUT2D eigenvalue weighted by atomic mass is 9.91. The molecule has 9 rings (SSSR count). The molecule has 3 nitrogen and oxygen atoms in total. The van der Waals surface area contributed by atoms with Crippen LogP contribution in [0.4, 0.5) is 11.4 Å². The summed E-state index contributed by atoms with van der Waals surface area (Å²) in [6.45, 7) is 0. The lowest BCUT2D eigenvalue weighted by Crippen LogP contribution is -2.21. The SMILES string of the molecule is Sc1oc2ccccc2c1-c1cc(-c2ccccc2)ccc1CCCc1oc2c(c1Nc1cc3ccccc3c3ccccc13)=C=C=CC=2. The van der Waals surface area contributed by atoms with Gasteiger partial charge in [-0.15, -0.1) is 12.6 Å². The number of fused-ring (bicyclic) bond motifs is 5. The monoisotopic (exact) mass is 649 g/mol. The summed E-state index contributed by atoms with van der Waals surface area (Å²) >= 11 is 4.83. The van der Waals surface area contributed by atoms with E-state index in [0.717, 1.165) is 74.7 Å². The summed E-state index contributed by atoms with van der Waals surface area (Å²) in [5.74, 6) is 0.911. The van der Waals surface area contributed by atoms with Crippen LogP contribution in [0, 0.1) is 0 Å². The van der Waals surface area contributed by atoms with Crippen molar-refractivity contribution in [1.29, 1.82) is 0 Å². The molecule has 0 aliphatic heterocycles. The highest BCUT2D eigenvalue weighted by molar-refractivity contribution is 7.80. The van der Waals surface area contributed by atoms with Crippen LogP contribution >= 0.6 is 12.6 Å². The van der Waals surface area contributed by atoms with E-state index in [2.05, 4.69) is 126 Å². The first-order valence-electron chi connectivity index (χ1n) is 16.6. The zero-order valence-electron chi connectivity index (χ0n) is 26.7. The second kappa shape index (κ2) is 12.3. The average Bonchev–Trinajstić information content (AvgIpc) is 3.68. The maximum Gasteiger partial charge on any atom is 0.166 e. The number of hydrogen-bond donors (Lipinski definition) is 2. The van der Waals surface area contributed by atoms with Crippen molar-refractivity contribution in [3.05, 3.63) is 161 Å². The summed E-state index contributed by atoms with van der Waals surface area (Å²) in [4.78, 5) is 0. The lowest BCUT2D eigenvalue weighted by Gasteiger charge is -2.14. The van der Waals surface area contributed by atoms with Gasteiger partial charge in [0.15, 0.2) is 5.09 Å². The van der Waals surface area contributed by atoms with E-state index in [1.54, 1.807) is 0 Å². The van der Waals surface area contributed by atoms with Crippen LogP contribution in [0.5, 0.6) is 0 Å². The van der Waals surface area contributed by atoms with E-state index >= 15 is 0 Å². The van der Waals surface area contributed by atoms with Gasteiger partial charge in [0.2, 0.25) is 0 Å². The van der Waals surface area contributed by atoms with Gasteiger partial charge in [-0.1, -0.05) is 121 Å². The zero-order chi connectivity index (χ0) is 32.7. The first kappa shape index (κ1) is 29.3. The fourth-order valence-corrected chi connectivity index (χ4v) is 7.48. The fourth-order valence-electron chi connectivity index (χ4n) is 7.14. The van der Waals surface area contributed by atoms with Crippen LogP contribution in [0.15, 0.2) is 153 Å². The van der Waals surface area contributed by atoms with E-state index in [-0.39, 0.29) is 0 Å². The van der Waals surface area contributed by atoms with Crippen LogP contribution in [-0.2, 0) is 12.8 Å². The van der Waals surface area contributed by atoms with Gasteiger partial charge in [-0.3, -0.25) is 0 Å². The summed E-state index contributed by atoms with van der Waals surface area (Å²) < 4.78 is 12.6. The van der Waals surface area contributed by atoms with Crippen LogP contribution in [0.3, 0.4) is 0 Å². The molecule has 4 heteroatoms. The van der Waals surface area contributed by atoms with E-state index in [0.29, 0.717) is 5.09 Å². The molecule has 0 bridgehead atoms. The summed E-state index contributed by atoms with van der Waals surface area (Å²) in [5.41, 5.74) is 15.9. The second-order valence-corrected chi connectivity index (χ2v) is 12.8. The Labute approximate surface area is 289 Å².